The van der Waals surface area contributed by atoms with Gasteiger partial charge in [-0.1, -0.05) is 18.2 Å². The summed E-state index contributed by atoms with van der Waals surface area (Å²) >= 11 is 0. The average Bonchev–Trinajstić information content (AvgIpc) is 2.80. The molecule has 2 aromatic rings. The van der Waals surface area contributed by atoms with E-state index in [9.17, 15) is 13.2 Å². The summed E-state index contributed by atoms with van der Waals surface area (Å²) in [5.74, 6) is 0.498. The van der Waals surface area contributed by atoms with Gasteiger partial charge in [0.1, 0.15) is 12.1 Å². The number of alkyl halides is 3. The normalized spacial score (nSPS) is 11.6. The van der Waals surface area contributed by atoms with Crippen LogP contribution in [0.25, 0.3) is 0 Å². The molecule has 0 aliphatic heterocycles. The number of hydrogen-bond acceptors (Lipinski definition) is 4. The number of ether oxygens (including phenoxy) is 1. The Labute approximate surface area is 119 Å². The fourth-order valence-corrected chi connectivity index (χ4v) is 1.80. The van der Waals surface area contributed by atoms with Gasteiger partial charge >= 0.3 is 6.36 Å². The van der Waals surface area contributed by atoms with Crippen LogP contribution >= 0.6 is 0 Å². The van der Waals surface area contributed by atoms with E-state index in [0.29, 0.717) is 24.4 Å². The van der Waals surface area contributed by atoms with Gasteiger partial charge in [0.05, 0.1) is 0 Å². The minimum atomic E-state index is -4.69. The third-order valence-corrected chi connectivity index (χ3v) is 2.69. The standard InChI is InChI=1S/C13H15F3N4O/c1-20-9-18-12(19-20)6-7-17-8-10-4-2-3-5-11(10)21-13(14,15)16/h2-5,9,17H,6-8H2,1H3. The molecule has 1 aromatic carbocycles. The molecule has 1 aromatic heterocycles. The van der Waals surface area contributed by atoms with Gasteiger partial charge in [0, 0.05) is 32.1 Å². The van der Waals surface area contributed by atoms with Gasteiger partial charge in [0.2, 0.25) is 0 Å². The van der Waals surface area contributed by atoms with Gasteiger partial charge in [-0.2, -0.15) is 5.10 Å². The number of hydrogen-bond donors (Lipinski definition) is 1. The summed E-state index contributed by atoms with van der Waals surface area (Å²) in [5, 5.41) is 7.16. The van der Waals surface area contributed by atoms with E-state index in [1.165, 1.54) is 12.1 Å². The molecule has 5 nitrogen and oxygen atoms in total. The number of nitrogens with one attached hydrogen (secondary N) is 1. The van der Waals surface area contributed by atoms with Crippen LogP contribution in [0.15, 0.2) is 30.6 Å². The zero-order valence-electron chi connectivity index (χ0n) is 11.4. The molecule has 2 rings (SSSR count). The molecule has 1 heterocycles. The van der Waals surface area contributed by atoms with E-state index in [1.807, 2.05) is 0 Å². The Hall–Kier alpha value is -2.09. The van der Waals surface area contributed by atoms with Gasteiger partial charge in [-0.3, -0.25) is 4.68 Å². The maximum Gasteiger partial charge on any atom is 0.573 e. The predicted octanol–water partition coefficient (Wildman–Crippen LogP) is 2.05. The first-order chi connectivity index (χ1) is 9.94. The van der Waals surface area contributed by atoms with E-state index in [4.69, 9.17) is 0 Å². The molecule has 0 aliphatic rings. The Morgan fingerprint density at radius 2 is 2.05 bits per heavy atom. The Balaban J connectivity index is 1.85. The second-order valence-electron chi connectivity index (χ2n) is 4.42. The SMILES string of the molecule is Cn1cnc(CCNCc2ccccc2OC(F)(F)F)n1. The first kappa shape index (κ1) is 15.3. The van der Waals surface area contributed by atoms with Crippen molar-refractivity contribution < 1.29 is 17.9 Å². The van der Waals surface area contributed by atoms with Crippen molar-refractivity contribution in [3.05, 3.63) is 42.0 Å². The van der Waals surface area contributed by atoms with Crippen molar-refractivity contribution in [2.24, 2.45) is 7.05 Å². The minimum Gasteiger partial charge on any atom is -0.405 e. The largest absolute Gasteiger partial charge is 0.573 e. The smallest absolute Gasteiger partial charge is 0.405 e. The predicted molar refractivity (Wildman–Crippen MR) is 69.5 cm³/mol. The molecule has 0 aliphatic carbocycles. The maximum atomic E-state index is 12.3. The molecule has 0 amide bonds. The number of aromatic nitrogens is 3. The highest BCUT2D eigenvalue weighted by molar-refractivity contribution is 5.33. The number of halogens is 3. The van der Waals surface area contributed by atoms with Crippen LogP contribution in [0.1, 0.15) is 11.4 Å². The summed E-state index contributed by atoms with van der Waals surface area (Å²) in [7, 11) is 1.77. The van der Waals surface area contributed by atoms with Crippen molar-refractivity contribution in [1.82, 2.24) is 20.1 Å². The number of nitrogens with zero attached hydrogens (tertiary/aromatic N) is 3. The number of benzene rings is 1. The van der Waals surface area contributed by atoms with Crippen molar-refractivity contribution in [1.29, 1.82) is 0 Å². The van der Waals surface area contributed by atoms with Crippen LogP contribution < -0.4 is 10.1 Å². The Morgan fingerprint density at radius 3 is 2.71 bits per heavy atom. The molecule has 0 saturated heterocycles. The molecular weight excluding hydrogens is 285 g/mol. The quantitative estimate of drug-likeness (QED) is 0.830. The monoisotopic (exact) mass is 300 g/mol. The van der Waals surface area contributed by atoms with Gasteiger partial charge in [0.15, 0.2) is 5.82 Å². The van der Waals surface area contributed by atoms with E-state index < -0.39 is 6.36 Å². The van der Waals surface area contributed by atoms with E-state index in [0.717, 1.165) is 0 Å². The van der Waals surface area contributed by atoms with Crippen molar-refractivity contribution >= 4 is 0 Å². The molecule has 0 spiro atoms. The summed E-state index contributed by atoms with van der Waals surface area (Å²) in [5.41, 5.74) is 0.448. The third kappa shape index (κ3) is 5.07. The highest BCUT2D eigenvalue weighted by Crippen LogP contribution is 2.25. The number of rotatable bonds is 6. The zero-order chi connectivity index (χ0) is 15.3. The molecule has 0 atom stereocenters. The molecule has 0 fully saturated rings. The van der Waals surface area contributed by atoms with Gasteiger partial charge < -0.3 is 10.1 Å². The molecule has 1 N–H and O–H groups in total. The van der Waals surface area contributed by atoms with Crippen LogP contribution in [0.3, 0.4) is 0 Å². The summed E-state index contributed by atoms with van der Waals surface area (Å²) in [4.78, 5) is 4.06. The first-order valence-corrected chi connectivity index (χ1v) is 6.33. The second-order valence-corrected chi connectivity index (χ2v) is 4.42. The second kappa shape index (κ2) is 6.57. The van der Waals surface area contributed by atoms with E-state index in [1.54, 1.807) is 30.2 Å². The fourth-order valence-electron chi connectivity index (χ4n) is 1.80. The lowest BCUT2D eigenvalue weighted by molar-refractivity contribution is -0.274. The van der Waals surface area contributed by atoms with Gasteiger partial charge in [-0.05, 0) is 6.07 Å². The zero-order valence-corrected chi connectivity index (χ0v) is 11.4. The molecule has 0 radical (unpaired) electrons. The van der Waals surface area contributed by atoms with Crippen molar-refractivity contribution in [3.63, 3.8) is 0 Å². The van der Waals surface area contributed by atoms with Crippen LogP contribution in [0.5, 0.6) is 5.75 Å². The van der Waals surface area contributed by atoms with Crippen LogP contribution in [0.4, 0.5) is 13.2 Å². The highest BCUT2D eigenvalue weighted by atomic mass is 19.4. The molecule has 0 saturated carbocycles. The third-order valence-electron chi connectivity index (χ3n) is 2.69. The first-order valence-electron chi connectivity index (χ1n) is 6.33. The fraction of sp³-hybridized carbons (Fsp3) is 0.385. The topological polar surface area (TPSA) is 52.0 Å². The van der Waals surface area contributed by atoms with Crippen molar-refractivity contribution in [3.8, 4) is 5.75 Å². The highest BCUT2D eigenvalue weighted by Gasteiger charge is 2.31. The van der Waals surface area contributed by atoms with Crippen molar-refractivity contribution in [2.45, 2.75) is 19.3 Å². The summed E-state index contributed by atoms with van der Waals surface area (Å²) in [6.45, 7) is 0.837. The molecule has 0 bridgehead atoms. The van der Waals surface area contributed by atoms with Crippen LogP contribution in [0, 0.1) is 0 Å². The molecule has 8 heteroatoms. The van der Waals surface area contributed by atoms with Crippen molar-refractivity contribution in [2.75, 3.05) is 6.54 Å². The molecule has 0 unspecified atom stereocenters. The lowest BCUT2D eigenvalue weighted by atomic mass is 10.2. The van der Waals surface area contributed by atoms with E-state index >= 15 is 0 Å². The van der Waals surface area contributed by atoms with E-state index in [-0.39, 0.29) is 12.3 Å². The van der Waals surface area contributed by atoms with Gasteiger partial charge in [-0.15, -0.1) is 13.2 Å². The number of para-hydroxylation sites is 1. The van der Waals surface area contributed by atoms with Crippen LogP contribution in [0.2, 0.25) is 0 Å². The van der Waals surface area contributed by atoms with Gasteiger partial charge in [0.25, 0.3) is 0 Å². The lowest BCUT2D eigenvalue weighted by Crippen LogP contribution is -2.21. The Kier molecular flexibility index (Phi) is 4.79. The summed E-state index contributed by atoms with van der Waals surface area (Å²) < 4.78 is 42.4. The summed E-state index contributed by atoms with van der Waals surface area (Å²) in [6, 6.07) is 6.06. The Bertz CT molecular complexity index is 583. The minimum absolute atomic E-state index is 0.187. The molecule has 21 heavy (non-hydrogen) atoms. The van der Waals surface area contributed by atoms with Crippen LogP contribution in [-0.4, -0.2) is 27.7 Å². The number of aryl methyl sites for hydroxylation is 1. The average molecular weight is 300 g/mol. The maximum absolute atomic E-state index is 12.3. The molecule has 114 valence electrons. The molecular formula is C13H15F3N4O. The van der Waals surface area contributed by atoms with Gasteiger partial charge in [-0.25, -0.2) is 4.98 Å². The Morgan fingerprint density at radius 1 is 1.29 bits per heavy atom. The van der Waals surface area contributed by atoms with E-state index in [2.05, 4.69) is 20.1 Å². The van der Waals surface area contributed by atoms with Crippen LogP contribution in [-0.2, 0) is 20.0 Å². The lowest BCUT2D eigenvalue weighted by Gasteiger charge is -2.13. The summed E-state index contributed by atoms with van der Waals surface area (Å²) in [6.07, 6.45) is -2.49.